The van der Waals surface area contributed by atoms with Crippen LogP contribution in [0.5, 0.6) is 0 Å². The molecule has 3 N–H and O–H groups in total. The Morgan fingerprint density at radius 2 is 0.649 bits per heavy atom. The monoisotopic (exact) mass is 1080 g/mol. The zero-order valence-corrected chi connectivity index (χ0v) is 52.2. The van der Waals surface area contributed by atoms with Crippen LogP contribution in [0.1, 0.15) is 393 Å². The second-order valence-corrected chi connectivity index (χ2v) is 24.2. The van der Waals surface area contributed by atoms with Gasteiger partial charge in [-0.2, -0.15) is 0 Å². The molecule has 0 aliphatic carbocycles. The molecule has 0 aromatic carbocycles. The maximum absolute atomic E-state index is 12.5. The molecule has 2 unspecified atom stereocenters. The molecule has 0 saturated heterocycles. The van der Waals surface area contributed by atoms with Crippen molar-refractivity contribution in [1.82, 2.24) is 5.32 Å². The standard InChI is InChI=1S/C71H137NO5/c1-3-5-7-9-11-13-15-44-47-51-55-59-63-69(74)68(67-73)72-70(75)64-60-56-52-48-45-41-39-37-35-33-31-29-27-25-23-21-19-17-16-18-20-22-24-26-28-30-32-34-36-38-40-42-46-50-54-58-62-66-77-71(76)65-61-57-53-49-43-14-12-10-8-6-4-2/h16,18,22,24,68-69,73-74H,3-15,17,19-21,23,25-67H2,1-2H3,(H,72,75)/b18-16-,24-22-. The van der Waals surface area contributed by atoms with Crippen LogP contribution in [-0.2, 0) is 14.3 Å². The van der Waals surface area contributed by atoms with Crippen molar-refractivity contribution in [3.8, 4) is 0 Å². The number of carbonyl (C=O) groups is 2. The van der Waals surface area contributed by atoms with Crippen LogP contribution < -0.4 is 5.32 Å². The number of ether oxygens (including phenoxy) is 1. The topological polar surface area (TPSA) is 95.9 Å². The molecule has 0 bridgehead atoms. The van der Waals surface area contributed by atoms with E-state index < -0.39 is 12.1 Å². The minimum absolute atomic E-state index is 0.0189. The van der Waals surface area contributed by atoms with E-state index in [-0.39, 0.29) is 18.5 Å². The van der Waals surface area contributed by atoms with E-state index in [0.717, 1.165) is 44.9 Å². The zero-order chi connectivity index (χ0) is 55.7. The summed E-state index contributed by atoms with van der Waals surface area (Å²) in [6.07, 6.45) is 83.9. The van der Waals surface area contributed by atoms with E-state index in [1.807, 2.05) is 0 Å². The minimum Gasteiger partial charge on any atom is -0.466 e. The van der Waals surface area contributed by atoms with Crippen LogP contribution in [0.25, 0.3) is 0 Å². The number of allylic oxidation sites excluding steroid dienone is 4. The maximum Gasteiger partial charge on any atom is 0.305 e. The first-order valence-electron chi connectivity index (χ1n) is 35.1. The molecular weight excluding hydrogens is 947 g/mol. The third-order valence-electron chi connectivity index (χ3n) is 16.5. The van der Waals surface area contributed by atoms with Gasteiger partial charge >= 0.3 is 5.97 Å². The highest BCUT2D eigenvalue weighted by molar-refractivity contribution is 5.76. The molecule has 0 heterocycles. The van der Waals surface area contributed by atoms with Crippen molar-refractivity contribution in [2.45, 2.75) is 405 Å². The summed E-state index contributed by atoms with van der Waals surface area (Å²) in [5.41, 5.74) is 0. The predicted octanol–water partition coefficient (Wildman–Crippen LogP) is 22.5. The molecule has 6 heteroatoms. The Labute approximate surface area is 481 Å². The maximum atomic E-state index is 12.5. The third-order valence-corrected chi connectivity index (χ3v) is 16.5. The Morgan fingerprint density at radius 1 is 0.364 bits per heavy atom. The van der Waals surface area contributed by atoms with Gasteiger partial charge in [-0.15, -0.1) is 0 Å². The Kier molecular flexibility index (Phi) is 65.4. The van der Waals surface area contributed by atoms with Crippen LogP contribution in [0.15, 0.2) is 24.3 Å². The van der Waals surface area contributed by atoms with Gasteiger partial charge in [0.1, 0.15) is 0 Å². The Balaban J connectivity index is 3.34. The molecule has 456 valence electrons. The lowest BCUT2D eigenvalue weighted by molar-refractivity contribution is -0.143. The number of unbranched alkanes of at least 4 members (excludes halogenated alkanes) is 51. The SMILES string of the molecule is CCCCCCCCCCCCCCC(O)C(CO)NC(=O)CCCCCCCCCCCCCCCCCCC/C=C\C/C=C\CCCCCCCCCCCCCCCOC(=O)CCCCCCCCCCCCC. The number of nitrogens with one attached hydrogen (secondary N) is 1. The van der Waals surface area contributed by atoms with Crippen molar-refractivity contribution < 1.29 is 24.5 Å². The average Bonchev–Trinajstić information content (AvgIpc) is 3.43. The highest BCUT2D eigenvalue weighted by Crippen LogP contribution is 2.19. The fraction of sp³-hybridized carbons (Fsp3) is 0.915. The normalized spacial score (nSPS) is 12.6. The first-order chi connectivity index (χ1) is 38.0. The molecule has 6 nitrogen and oxygen atoms in total. The van der Waals surface area contributed by atoms with Crippen molar-refractivity contribution >= 4 is 11.9 Å². The number of amides is 1. The second-order valence-electron chi connectivity index (χ2n) is 24.2. The van der Waals surface area contributed by atoms with Crippen LogP contribution in [0.2, 0.25) is 0 Å². The molecule has 1 amide bonds. The minimum atomic E-state index is -0.661. The molecule has 0 radical (unpaired) electrons. The van der Waals surface area contributed by atoms with E-state index in [1.165, 1.54) is 315 Å². The van der Waals surface area contributed by atoms with Gasteiger partial charge in [0.05, 0.1) is 25.4 Å². The summed E-state index contributed by atoms with van der Waals surface area (Å²) < 4.78 is 5.47. The quantitative estimate of drug-likeness (QED) is 0.0320. The summed E-state index contributed by atoms with van der Waals surface area (Å²) in [6, 6.07) is -0.538. The molecule has 0 saturated carbocycles. The third kappa shape index (κ3) is 63.4. The van der Waals surface area contributed by atoms with Crippen LogP contribution in [0.3, 0.4) is 0 Å². The van der Waals surface area contributed by atoms with Crippen molar-refractivity contribution in [1.29, 1.82) is 0 Å². The van der Waals surface area contributed by atoms with E-state index in [0.29, 0.717) is 25.9 Å². The summed E-state index contributed by atoms with van der Waals surface area (Å²) in [7, 11) is 0. The van der Waals surface area contributed by atoms with E-state index in [1.54, 1.807) is 0 Å². The predicted molar refractivity (Wildman–Crippen MR) is 338 cm³/mol. The number of carbonyl (C=O) groups excluding carboxylic acids is 2. The molecular formula is C71H137NO5. The summed E-state index contributed by atoms with van der Waals surface area (Å²) in [5, 5.41) is 23.3. The Bertz CT molecular complexity index is 1200. The largest absolute Gasteiger partial charge is 0.466 e. The highest BCUT2D eigenvalue weighted by Gasteiger charge is 2.20. The van der Waals surface area contributed by atoms with Gasteiger partial charge in [-0.25, -0.2) is 0 Å². The molecule has 0 aromatic rings. The molecule has 0 spiro atoms. The van der Waals surface area contributed by atoms with Crippen LogP contribution in [0, 0.1) is 0 Å². The smallest absolute Gasteiger partial charge is 0.305 e. The highest BCUT2D eigenvalue weighted by atomic mass is 16.5. The van der Waals surface area contributed by atoms with E-state index in [9.17, 15) is 19.8 Å². The number of aliphatic hydroxyl groups excluding tert-OH is 2. The molecule has 77 heavy (non-hydrogen) atoms. The van der Waals surface area contributed by atoms with Gasteiger partial charge < -0.3 is 20.3 Å². The van der Waals surface area contributed by atoms with E-state index >= 15 is 0 Å². The van der Waals surface area contributed by atoms with E-state index in [4.69, 9.17) is 4.74 Å². The lowest BCUT2D eigenvalue weighted by atomic mass is 10.0. The molecule has 0 fully saturated rings. The van der Waals surface area contributed by atoms with Gasteiger partial charge in [0.2, 0.25) is 5.91 Å². The number of rotatable bonds is 66. The van der Waals surface area contributed by atoms with Gasteiger partial charge in [0.25, 0.3) is 0 Å². The van der Waals surface area contributed by atoms with Crippen molar-refractivity contribution in [3.63, 3.8) is 0 Å². The summed E-state index contributed by atoms with van der Waals surface area (Å²) >= 11 is 0. The Hall–Kier alpha value is -1.66. The Morgan fingerprint density at radius 3 is 0.987 bits per heavy atom. The van der Waals surface area contributed by atoms with Crippen molar-refractivity contribution in [3.05, 3.63) is 24.3 Å². The number of aliphatic hydroxyl groups is 2. The van der Waals surface area contributed by atoms with Crippen LogP contribution in [-0.4, -0.2) is 47.4 Å². The van der Waals surface area contributed by atoms with Gasteiger partial charge in [-0.05, 0) is 57.8 Å². The molecule has 0 rings (SSSR count). The first-order valence-corrected chi connectivity index (χ1v) is 35.1. The van der Waals surface area contributed by atoms with Crippen molar-refractivity contribution in [2.24, 2.45) is 0 Å². The molecule has 0 aliphatic rings. The number of hydrogen-bond acceptors (Lipinski definition) is 5. The lowest BCUT2D eigenvalue weighted by Gasteiger charge is -2.22. The molecule has 0 aromatic heterocycles. The molecule has 0 aliphatic heterocycles. The van der Waals surface area contributed by atoms with Gasteiger partial charge in [-0.3, -0.25) is 9.59 Å². The van der Waals surface area contributed by atoms with Crippen LogP contribution in [0.4, 0.5) is 0 Å². The average molecular weight is 1080 g/mol. The fourth-order valence-corrected chi connectivity index (χ4v) is 11.1. The first kappa shape index (κ1) is 75.3. The van der Waals surface area contributed by atoms with Gasteiger partial charge in [0, 0.05) is 12.8 Å². The van der Waals surface area contributed by atoms with Gasteiger partial charge in [-0.1, -0.05) is 346 Å². The summed E-state index contributed by atoms with van der Waals surface area (Å²) in [5.74, 6) is -0.0119. The number of hydrogen-bond donors (Lipinski definition) is 3. The summed E-state index contributed by atoms with van der Waals surface area (Å²) in [4.78, 5) is 24.5. The number of esters is 1. The second kappa shape index (κ2) is 66.8. The molecule has 2 atom stereocenters. The summed E-state index contributed by atoms with van der Waals surface area (Å²) in [6.45, 7) is 4.97. The van der Waals surface area contributed by atoms with Crippen molar-refractivity contribution in [2.75, 3.05) is 13.2 Å². The van der Waals surface area contributed by atoms with E-state index in [2.05, 4.69) is 43.5 Å². The van der Waals surface area contributed by atoms with Gasteiger partial charge in [0.15, 0.2) is 0 Å². The fourth-order valence-electron chi connectivity index (χ4n) is 11.1. The van der Waals surface area contributed by atoms with Crippen LogP contribution >= 0.6 is 0 Å². The lowest BCUT2D eigenvalue weighted by Crippen LogP contribution is -2.45. The zero-order valence-electron chi connectivity index (χ0n) is 52.2.